The summed E-state index contributed by atoms with van der Waals surface area (Å²) in [6, 6.07) is 8.40. The van der Waals surface area contributed by atoms with Gasteiger partial charge in [0.15, 0.2) is 11.5 Å². The number of hydrogen-bond acceptors (Lipinski definition) is 6. The van der Waals surface area contributed by atoms with Gasteiger partial charge in [0.25, 0.3) is 0 Å². The second kappa shape index (κ2) is 9.03. The van der Waals surface area contributed by atoms with Crippen LogP contribution in [0.25, 0.3) is 10.9 Å². The van der Waals surface area contributed by atoms with E-state index in [4.69, 9.17) is 21.1 Å². The third-order valence-electron chi connectivity index (χ3n) is 4.02. The summed E-state index contributed by atoms with van der Waals surface area (Å²) in [6.45, 7) is 5.36. The third-order valence-corrected chi connectivity index (χ3v) is 4.30. The quantitative estimate of drug-likeness (QED) is 0.537. The van der Waals surface area contributed by atoms with Crippen LogP contribution in [-0.2, 0) is 0 Å². The van der Waals surface area contributed by atoms with Gasteiger partial charge in [-0.3, -0.25) is 0 Å². The van der Waals surface area contributed by atoms with Crippen LogP contribution in [0.15, 0.2) is 36.7 Å². The zero-order chi connectivity index (χ0) is 20.1. The number of hydrogen-bond donors (Lipinski definition) is 2. The maximum Gasteiger partial charge on any atom is 0.162 e. The molecule has 0 saturated heterocycles. The van der Waals surface area contributed by atoms with E-state index in [-0.39, 0.29) is 5.02 Å². The number of rotatable bonds is 8. The van der Waals surface area contributed by atoms with Gasteiger partial charge in [0, 0.05) is 29.7 Å². The first-order chi connectivity index (χ1) is 13.5. The first-order valence-electron chi connectivity index (χ1n) is 8.89. The molecule has 0 aliphatic rings. The molecule has 0 spiro atoms. The minimum absolute atomic E-state index is 0.0340. The highest BCUT2D eigenvalue weighted by molar-refractivity contribution is 6.31. The molecule has 2 aromatic carbocycles. The van der Waals surface area contributed by atoms with Crippen LogP contribution in [0.3, 0.4) is 0 Å². The van der Waals surface area contributed by atoms with Crippen LogP contribution in [0.1, 0.15) is 13.8 Å². The Balaban J connectivity index is 1.90. The Hall–Kier alpha value is -2.64. The predicted molar refractivity (Wildman–Crippen MR) is 109 cm³/mol. The van der Waals surface area contributed by atoms with Crippen molar-refractivity contribution in [3.05, 3.63) is 47.5 Å². The number of nitrogens with one attached hydrogen (secondary N) is 2. The summed E-state index contributed by atoms with van der Waals surface area (Å²) in [7, 11) is 1.58. The van der Waals surface area contributed by atoms with Gasteiger partial charge in [-0.2, -0.15) is 0 Å². The van der Waals surface area contributed by atoms with Gasteiger partial charge in [0.05, 0.1) is 17.6 Å². The molecule has 1 heterocycles. The van der Waals surface area contributed by atoms with Crippen molar-refractivity contribution in [2.45, 2.75) is 19.9 Å². The third kappa shape index (κ3) is 4.79. The van der Waals surface area contributed by atoms with E-state index in [1.807, 2.05) is 6.07 Å². The molecule has 148 valence electrons. The number of nitrogens with zero attached hydrogens (tertiary/aromatic N) is 2. The van der Waals surface area contributed by atoms with Crippen molar-refractivity contribution in [3.8, 4) is 11.5 Å². The van der Waals surface area contributed by atoms with Crippen molar-refractivity contribution < 1.29 is 13.9 Å². The van der Waals surface area contributed by atoms with E-state index in [1.54, 1.807) is 19.2 Å². The second-order valence-corrected chi connectivity index (χ2v) is 6.86. The van der Waals surface area contributed by atoms with Crippen molar-refractivity contribution in [2.75, 3.05) is 25.6 Å². The number of fused-ring (bicyclic) bond motifs is 1. The monoisotopic (exact) mass is 404 g/mol. The van der Waals surface area contributed by atoms with Crippen LogP contribution in [-0.4, -0.2) is 36.3 Å². The smallest absolute Gasteiger partial charge is 0.162 e. The zero-order valence-corrected chi connectivity index (χ0v) is 16.7. The van der Waals surface area contributed by atoms with Crippen molar-refractivity contribution in [2.24, 2.45) is 0 Å². The van der Waals surface area contributed by atoms with E-state index >= 15 is 0 Å². The van der Waals surface area contributed by atoms with Crippen LogP contribution in [0.4, 0.5) is 15.9 Å². The average molecular weight is 405 g/mol. The van der Waals surface area contributed by atoms with Gasteiger partial charge < -0.3 is 20.1 Å². The van der Waals surface area contributed by atoms with Gasteiger partial charge in [-0.05, 0) is 24.3 Å². The van der Waals surface area contributed by atoms with Crippen molar-refractivity contribution in [1.82, 2.24) is 15.3 Å². The summed E-state index contributed by atoms with van der Waals surface area (Å²) in [5, 5.41) is 7.23. The van der Waals surface area contributed by atoms with E-state index in [9.17, 15) is 4.39 Å². The Morgan fingerprint density at radius 3 is 2.68 bits per heavy atom. The van der Waals surface area contributed by atoms with Crippen LogP contribution in [0.5, 0.6) is 11.5 Å². The number of anilines is 2. The molecule has 6 nitrogen and oxygen atoms in total. The number of benzene rings is 2. The van der Waals surface area contributed by atoms with Gasteiger partial charge in [-0.1, -0.05) is 25.4 Å². The Bertz CT molecular complexity index is 968. The molecule has 28 heavy (non-hydrogen) atoms. The molecule has 3 rings (SSSR count). The normalized spacial score (nSPS) is 11.1. The minimum Gasteiger partial charge on any atom is -0.493 e. The Labute approximate surface area is 168 Å². The molecule has 0 amide bonds. The van der Waals surface area contributed by atoms with E-state index < -0.39 is 5.82 Å². The lowest BCUT2D eigenvalue weighted by Gasteiger charge is -2.15. The fourth-order valence-electron chi connectivity index (χ4n) is 2.66. The molecule has 2 N–H and O–H groups in total. The molecule has 3 aromatic rings. The SMILES string of the molecule is COc1cc2ncnc(Nc3ccc(F)c(Cl)c3)c2cc1OCCNC(C)C. The van der Waals surface area contributed by atoms with Crippen molar-refractivity contribution in [3.63, 3.8) is 0 Å². The summed E-state index contributed by atoms with van der Waals surface area (Å²) in [5.41, 5.74) is 1.31. The molecule has 0 aliphatic heterocycles. The van der Waals surface area contributed by atoms with E-state index in [2.05, 4.69) is 34.4 Å². The summed E-state index contributed by atoms with van der Waals surface area (Å²) >= 11 is 5.87. The Kier molecular flexibility index (Phi) is 6.49. The van der Waals surface area contributed by atoms with Crippen LogP contribution >= 0.6 is 11.6 Å². The molecule has 0 fully saturated rings. The molecule has 0 atom stereocenters. The molecule has 0 aliphatic carbocycles. The topological polar surface area (TPSA) is 68.3 Å². The van der Waals surface area contributed by atoms with Crippen LogP contribution < -0.4 is 20.1 Å². The van der Waals surface area contributed by atoms with E-state index in [1.165, 1.54) is 18.5 Å². The first-order valence-corrected chi connectivity index (χ1v) is 9.26. The lowest BCUT2D eigenvalue weighted by molar-refractivity contribution is 0.289. The van der Waals surface area contributed by atoms with Crippen molar-refractivity contribution in [1.29, 1.82) is 0 Å². The van der Waals surface area contributed by atoms with Crippen molar-refractivity contribution >= 4 is 34.0 Å². The van der Waals surface area contributed by atoms with Gasteiger partial charge in [-0.25, -0.2) is 14.4 Å². The molecule has 1 aromatic heterocycles. The van der Waals surface area contributed by atoms with Gasteiger partial charge in [0.2, 0.25) is 0 Å². The molecular weight excluding hydrogens is 383 g/mol. The first kappa shape index (κ1) is 20.1. The second-order valence-electron chi connectivity index (χ2n) is 6.45. The summed E-state index contributed by atoms with van der Waals surface area (Å²) in [6.07, 6.45) is 1.45. The fourth-order valence-corrected chi connectivity index (χ4v) is 2.84. The lowest BCUT2D eigenvalue weighted by Crippen LogP contribution is -2.27. The Morgan fingerprint density at radius 2 is 1.96 bits per heavy atom. The van der Waals surface area contributed by atoms with Crippen LogP contribution in [0, 0.1) is 5.82 Å². The summed E-state index contributed by atoms with van der Waals surface area (Å²) < 4.78 is 24.7. The van der Waals surface area contributed by atoms with Gasteiger partial charge in [0.1, 0.15) is 24.6 Å². The van der Waals surface area contributed by atoms with E-state index in [0.717, 1.165) is 5.39 Å². The minimum atomic E-state index is -0.477. The summed E-state index contributed by atoms with van der Waals surface area (Å²) in [4.78, 5) is 8.60. The highest BCUT2D eigenvalue weighted by atomic mass is 35.5. The Morgan fingerprint density at radius 1 is 1.14 bits per heavy atom. The molecule has 0 bridgehead atoms. The fraction of sp³-hybridized carbons (Fsp3) is 0.300. The standard InChI is InChI=1S/C20H22ClFN4O2/c1-12(2)23-6-7-28-19-9-14-17(10-18(19)27-3)24-11-25-20(14)26-13-4-5-16(22)15(21)8-13/h4-5,8-12,23H,6-7H2,1-3H3,(H,24,25,26). The van der Waals surface area contributed by atoms with Gasteiger partial charge >= 0.3 is 0 Å². The zero-order valence-electron chi connectivity index (χ0n) is 15.9. The maximum atomic E-state index is 13.4. The number of ether oxygens (including phenoxy) is 2. The molecule has 0 saturated carbocycles. The average Bonchev–Trinajstić information content (AvgIpc) is 2.67. The number of aromatic nitrogens is 2. The molecule has 8 heteroatoms. The number of halogens is 2. The van der Waals surface area contributed by atoms with Gasteiger partial charge in [-0.15, -0.1) is 0 Å². The highest BCUT2D eigenvalue weighted by Gasteiger charge is 2.12. The lowest BCUT2D eigenvalue weighted by atomic mass is 10.2. The molecule has 0 radical (unpaired) electrons. The predicted octanol–water partition coefficient (Wildman–Crippen LogP) is 4.55. The summed E-state index contributed by atoms with van der Waals surface area (Å²) in [5.74, 6) is 1.26. The molecular formula is C20H22ClFN4O2. The van der Waals surface area contributed by atoms with E-state index in [0.29, 0.717) is 47.7 Å². The largest absolute Gasteiger partial charge is 0.493 e. The number of methoxy groups -OCH3 is 1. The van der Waals surface area contributed by atoms with Crippen LogP contribution in [0.2, 0.25) is 5.02 Å². The molecule has 0 unspecified atom stereocenters. The highest BCUT2D eigenvalue weighted by Crippen LogP contribution is 2.35. The maximum absolute atomic E-state index is 13.4.